The second-order valence-electron chi connectivity index (χ2n) is 3.98. The highest BCUT2D eigenvalue weighted by Crippen LogP contribution is 2.17. The number of aliphatic carboxylic acids is 1. The van der Waals surface area contributed by atoms with Crippen molar-refractivity contribution in [3.05, 3.63) is 18.0 Å². The molecule has 0 saturated carbocycles. The van der Waals surface area contributed by atoms with Crippen LogP contribution < -0.4 is 4.90 Å². The van der Waals surface area contributed by atoms with Crippen LogP contribution in [0.25, 0.3) is 0 Å². The van der Waals surface area contributed by atoms with Gasteiger partial charge in [0.15, 0.2) is 0 Å². The number of anilines is 1. The van der Waals surface area contributed by atoms with E-state index < -0.39 is 11.5 Å². The molecule has 15 heavy (non-hydrogen) atoms. The van der Waals surface area contributed by atoms with Gasteiger partial charge in [0.2, 0.25) is 5.95 Å². The zero-order valence-corrected chi connectivity index (χ0v) is 9.35. The predicted molar refractivity (Wildman–Crippen MR) is 56.9 cm³/mol. The summed E-state index contributed by atoms with van der Waals surface area (Å²) in [5, 5.41) is 9.03. The van der Waals surface area contributed by atoms with Gasteiger partial charge < -0.3 is 10.0 Å². The highest BCUT2D eigenvalue weighted by molar-refractivity contribution is 5.81. The van der Waals surface area contributed by atoms with Crippen LogP contribution in [0, 0.1) is 6.92 Å². The van der Waals surface area contributed by atoms with Gasteiger partial charge in [0.25, 0.3) is 0 Å². The first-order valence-corrected chi connectivity index (χ1v) is 4.61. The molecule has 0 saturated heterocycles. The number of aromatic nitrogens is 2. The molecule has 0 aliphatic heterocycles. The summed E-state index contributed by atoms with van der Waals surface area (Å²) in [7, 11) is 1.67. The molecule has 0 aromatic carbocycles. The molecule has 5 nitrogen and oxygen atoms in total. The number of rotatable bonds is 3. The van der Waals surface area contributed by atoms with Crippen LogP contribution in [0.4, 0.5) is 5.95 Å². The summed E-state index contributed by atoms with van der Waals surface area (Å²) in [6.07, 6.45) is 3.33. The fraction of sp³-hybridized carbons (Fsp3) is 0.500. The highest BCUT2D eigenvalue weighted by Gasteiger charge is 2.33. The van der Waals surface area contributed by atoms with Gasteiger partial charge in [-0.2, -0.15) is 0 Å². The predicted octanol–water partition coefficient (Wildman–Crippen LogP) is 1.08. The van der Waals surface area contributed by atoms with Crippen molar-refractivity contribution in [2.75, 3.05) is 11.9 Å². The van der Waals surface area contributed by atoms with Crippen molar-refractivity contribution in [3.63, 3.8) is 0 Å². The number of nitrogens with zero attached hydrogens (tertiary/aromatic N) is 3. The molecule has 82 valence electrons. The van der Waals surface area contributed by atoms with Gasteiger partial charge in [0, 0.05) is 19.4 Å². The number of likely N-dealkylation sites (N-methyl/N-ethyl adjacent to an activating group) is 1. The van der Waals surface area contributed by atoms with Gasteiger partial charge in [-0.3, -0.25) is 0 Å². The van der Waals surface area contributed by atoms with Crippen molar-refractivity contribution in [1.29, 1.82) is 0 Å². The zero-order chi connectivity index (χ0) is 11.6. The molecule has 0 aliphatic rings. The number of carbonyl (C=O) groups is 1. The first kappa shape index (κ1) is 11.4. The van der Waals surface area contributed by atoms with Crippen molar-refractivity contribution < 1.29 is 9.90 Å². The van der Waals surface area contributed by atoms with Gasteiger partial charge in [0.05, 0.1) is 0 Å². The fourth-order valence-electron chi connectivity index (χ4n) is 0.952. The molecule has 1 heterocycles. The van der Waals surface area contributed by atoms with Gasteiger partial charge >= 0.3 is 5.97 Å². The van der Waals surface area contributed by atoms with E-state index in [-0.39, 0.29) is 0 Å². The molecule has 0 atom stereocenters. The van der Waals surface area contributed by atoms with Gasteiger partial charge in [-0.15, -0.1) is 0 Å². The van der Waals surface area contributed by atoms with Crippen molar-refractivity contribution in [2.24, 2.45) is 0 Å². The van der Waals surface area contributed by atoms with Gasteiger partial charge in [-0.05, 0) is 26.3 Å². The lowest BCUT2D eigenvalue weighted by Gasteiger charge is -2.31. The lowest BCUT2D eigenvalue weighted by molar-refractivity contribution is -0.142. The van der Waals surface area contributed by atoms with Crippen LogP contribution in [-0.4, -0.2) is 33.6 Å². The summed E-state index contributed by atoms with van der Waals surface area (Å²) in [6, 6.07) is 0. The van der Waals surface area contributed by atoms with Gasteiger partial charge in [-0.25, -0.2) is 14.8 Å². The van der Waals surface area contributed by atoms with E-state index in [0.717, 1.165) is 5.56 Å². The Hall–Kier alpha value is -1.65. The third kappa shape index (κ3) is 2.23. The Bertz CT molecular complexity index is 359. The number of carboxylic acid groups (broad SMARTS) is 1. The average Bonchev–Trinajstić information content (AvgIpc) is 2.17. The maximum atomic E-state index is 11.0. The Labute approximate surface area is 88.8 Å². The minimum atomic E-state index is -1.02. The van der Waals surface area contributed by atoms with E-state index in [2.05, 4.69) is 9.97 Å². The molecule has 0 amide bonds. The molecular formula is C10H15N3O2. The van der Waals surface area contributed by atoms with Gasteiger partial charge in [0.1, 0.15) is 5.54 Å². The largest absolute Gasteiger partial charge is 0.480 e. The van der Waals surface area contributed by atoms with Crippen molar-refractivity contribution >= 4 is 11.9 Å². The lowest BCUT2D eigenvalue weighted by Crippen LogP contribution is -2.48. The maximum Gasteiger partial charge on any atom is 0.329 e. The van der Waals surface area contributed by atoms with E-state index in [0.29, 0.717) is 5.95 Å². The quantitative estimate of drug-likeness (QED) is 0.807. The first-order chi connectivity index (χ1) is 6.85. The molecule has 1 rings (SSSR count). The van der Waals surface area contributed by atoms with Crippen molar-refractivity contribution in [2.45, 2.75) is 26.3 Å². The topological polar surface area (TPSA) is 66.3 Å². The number of aryl methyl sites for hydroxylation is 1. The Balaban J connectivity index is 2.99. The Kier molecular flexibility index (Phi) is 2.93. The molecule has 0 fully saturated rings. The monoisotopic (exact) mass is 209 g/mol. The second kappa shape index (κ2) is 3.84. The smallest absolute Gasteiger partial charge is 0.329 e. The summed E-state index contributed by atoms with van der Waals surface area (Å²) in [5.74, 6) is -0.498. The lowest BCUT2D eigenvalue weighted by atomic mass is 10.1. The molecule has 0 aliphatic carbocycles. The molecule has 1 aromatic heterocycles. The summed E-state index contributed by atoms with van der Waals surface area (Å²) >= 11 is 0. The minimum Gasteiger partial charge on any atom is -0.480 e. The van der Waals surface area contributed by atoms with Gasteiger partial charge in [-0.1, -0.05) is 0 Å². The van der Waals surface area contributed by atoms with E-state index in [1.54, 1.807) is 33.3 Å². The number of hydrogen-bond donors (Lipinski definition) is 1. The maximum absolute atomic E-state index is 11.0. The summed E-state index contributed by atoms with van der Waals surface area (Å²) < 4.78 is 0. The average molecular weight is 209 g/mol. The van der Waals surface area contributed by atoms with Crippen LogP contribution in [0.15, 0.2) is 12.4 Å². The van der Waals surface area contributed by atoms with Crippen LogP contribution in [-0.2, 0) is 4.79 Å². The number of hydrogen-bond acceptors (Lipinski definition) is 4. The summed E-state index contributed by atoms with van der Waals surface area (Å²) in [6.45, 7) is 5.10. The Morgan fingerprint density at radius 2 is 1.87 bits per heavy atom. The van der Waals surface area contributed by atoms with Crippen LogP contribution in [0.3, 0.4) is 0 Å². The third-order valence-corrected chi connectivity index (χ3v) is 2.43. The standard InChI is InChI=1S/C10H15N3O2/c1-7-5-11-9(12-6-7)13(4)10(2,3)8(14)15/h5-6H,1-4H3,(H,14,15). The zero-order valence-electron chi connectivity index (χ0n) is 9.35. The summed E-state index contributed by atoms with van der Waals surface area (Å²) in [5.41, 5.74) is -0.0739. The normalized spacial score (nSPS) is 11.2. The van der Waals surface area contributed by atoms with E-state index >= 15 is 0 Å². The SMILES string of the molecule is Cc1cnc(N(C)C(C)(C)C(=O)O)nc1. The molecule has 1 aromatic rings. The fourth-order valence-corrected chi connectivity index (χ4v) is 0.952. The molecule has 5 heteroatoms. The molecule has 0 radical (unpaired) electrons. The van der Waals surface area contributed by atoms with Crippen LogP contribution in [0.5, 0.6) is 0 Å². The van der Waals surface area contributed by atoms with Crippen molar-refractivity contribution in [1.82, 2.24) is 9.97 Å². The molecule has 1 N–H and O–H groups in total. The number of carboxylic acids is 1. The summed E-state index contributed by atoms with van der Waals surface area (Å²) in [4.78, 5) is 20.7. The van der Waals surface area contributed by atoms with Crippen LogP contribution >= 0.6 is 0 Å². The second-order valence-corrected chi connectivity index (χ2v) is 3.98. The molecule has 0 unspecified atom stereocenters. The molecule has 0 bridgehead atoms. The van der Waals surface area contributed by atoms with E-state index in [1.165, 1.54) is 4.90 Å². The Morgan fingerprint density at radius 1 is 1.40 bits per heavy atom. The highest BCUT2D eigenvalue weighted by atomic mass is 16.4. The Morgan fingerprint density at radius 3 is 2.27 bits per heavy atom. The van der Waals surface area contributed by atoms with E-state index in [9.17, 15) is 4.79 Å². The van der Waals surface area contributed by atoms with E-state index in [1.807, 2.05) is 6.92 Å². The minimum absolute atomic E-state index is 0.410. The molecular weight excluding hydrogens is 194 g/mol. The first-order valence-electron chi connectivity index (χ1n) is 4.61. The van der Waals surface area contributed by atoms with Crippen LogP contribution in [0.1, 0.15) is 19.4 Å². The van der Waals surface area contributed by atoms with Crippen molar-refractivity contribution in [3.8, 4) is 0 Å². The third-order valence-electron chi connectivity index (χ3n) is 2.43. The van der Waals surface area contributed by atoms with E-state index in [4.69, 9.17) is 5.11 Å². The van der Waals surface area contributed by atoms with Crippen LogP contribution in [0.2, 0.25) is 0 Å². The molecule has 0 spiro atoms.